The number of rotatable bonds is 3. The lowest BCUT2D eigenvalue weighted by Crippen LogP contribution is -2.28. The first-order chi connectivity index (χ1) is 8.44. The van der Waals surface area contributed by atoms with Gasteiger partial charge in [0.1, 0.15) is 0 Å². The van der Waals surface area contributed by atoms with E-state index in [0.29, 0.717) is 18.7 Å². The van der Waals surface area contributed by atoms with Gasteiger partial charge in [-0.25, -0.2) is 13.2 Å². The van der Waals surface area contributed by atoms with Crippen LogP contribution in [0.4, 0.5) is 0 Å². The van der Waals surface area contributed by atoms with Crippen LogP contribution < -0.4 is 0 Å². The highest BCUT2D eigenvalue weighted by atomic mass is 32.2. The number of sulfonamides is 1. The second kappa shape index (κ2) is 4.70. The van der Waals surface area contributed by atoms with Crippen molar-refractivity contribution in [2.45, 2.75) is 24.7 Å². The molecule has 0 aliphatic carbocycles. The van der Waals surface area contributed by atoms with Crippen molar-refractivity contribution in [3.63, 3.8) is 0 Å². The molecule has 0 unspecified atom stereocenters. The number of carboxylic acid groups (broad SMARTS) is 1. The summed E-state index contributed by atoms with van der Waals surface area (Å²) in [5, 5.41) is 9.01. The predicted octanol–water partition coefficient (Wildman–Crippen LogP) is 1.48. The summed E-state index contributed by atoms with van der Waals surface area (Å²) < 4.78 is 26.1. The van der Waals surface area contributed by atoms with Crippen LogP contribution in [0.1, 0.15) is 28.8 Å². The Balaban J connectivity index is 2.51. The molecular formula is C12H15NO4S. The molecule has 1 saturated heterocycles. The Morgan fingerprint density at radius 1 is 1.28 bits per heavy atom. The molecule has 0 saturated carbocycles. The van der Waals surface area contributed by atoms with Gasteiger partial charge in [0.15, 0.2) is 0 Å². The molecule has 1 N–H and O–H groups in total. The van der Waals surface area contributed by atoms with Gasteiger partial charge in [-0.05, 0) is 37.5 Å². The van der Waals surface area contributed by atoms with Gasteiger partial charge in [-0.1, -0.05) is 6.07 Å². The van der Waals surface area contributed by atoms with Crippen molar-refractivity contribution < 1.29 is 18.3 Å². The highest BCUT2D eigenvalue weighted by Gasteiger charge is 2.29. The van der Waals surface area contributed by atoms with Gasteiger partial charge in [-0.15, -0.1) is 0 Å². The van der Waals surface area contributed by atoms with Crippen LogP contribution >= 0.6 is 0 Å². The Bertz CT molecular complexity index is 574. The third-order valence-corrected chi connectivity index (χ3v) is 5.24. The van der Waals surface area contributed by atoms with Gasteiger partial charge in [-0.3, -0.25) is 0 Å². The first-order valence-electron chi connectivity index (χ1n) is 5.77. The monoisotopic (exact) mass is 269 g/mol. The van der Waals surface area contributed by atoms with E-state index in [4.69, 9.17) is 5.11 Å². The molecule has 1 fully saturated rings. The maximum Gasteiger partial charge on any atom is 0.335 e. The molecule has 18 heavy (non-hydrogen) atoms. The molecule has 1 heterocycles. The summed E-state index contributed by atoms with van der Waals surface area (Å²) in [5.41, 5.74) is 0.340. The number of carbonyl (C=O) groups is 1. The summed E-state index contributed by atoms with van der Waals surface area (Å²) in [5.74, 6) is -1.11. The fourth-order valence-electron chi connectivity index (χ4n) is 2.19. The van der Waals surface area contributed by atoms with Gasteiger partial charge < -0.3 is 5.11 Å². The van der Waals surface area contributed by atoms with E-state index in [1.165, 1.54) is 29.4 Å². The summed E-state index contributed by atoms with van der Waals surface area (Å²) in [6, 6.07) is 4.36. The standard InChI is InChI=1S/C12H15NO4S/c1-9-10(12(14)15)5-4-6-11(9)18(16,17)13-7-2-3-8-13/h4-6H,2-3,7-8H2,1H3,(H,14,15). The molecule has 0 amide bonds. The second-order valence-corrected chi connectivity index (χ2v) is 6.25. The van der Waals surface area contributed by atoms with Crippen molar-refractivity contribution in [2.75, 3.05) is 13.1 Å². The fraction of sp³-hybridized carbons (Fsp3) is 0.417. The van der Waals surface area contributed by atoms with E-state index in [1.54, 1.807) is 0 Å². The van der Waals surface area contributed by atoms with Crippen molar-refractivity contribution in [3.05, 3.63) is 29.3 Å². The maximum absolute atomic E-state index is 12.4. The summed E-state index contributed by atoms with van der Waals surface area (Å²) in [6.45, 7) is 2.56. The topological polar surface area (TPSA) is 74.7 Å². The fourth-order valence-corrected chi connectivity index (χ4v) is 3.96. The van der Waals surface area contributed by atoms with E-state index >= 15 is 0 Å². The molecule has 1 aromatic carbocycles. The van der Waals surface area contributed by atoms with Crippen LogP contribution in [0.5, 0.6) is 0 Å². The summed E-state index contributed by atoms with van der Waals surface area (Å²) in [7, 11) is -3.56. The van der Waals surface area contributed by atoms with Crippen LogP contribution in [0.25, 0.3) is 0 Å². The van der Waals surface area contributed by atoms with Crippen molar-refractivity contribution in [1.82, 2.24) is 4.31 Å². The minimum absolute atomic E-state index is 0.0373. The molecule has 0 spiro atoms. The molecule has 0 atom stereocenters. The Morgan fingerprint density at radius 2 is 1.89 bits per heavy atom. The quantitative estimate of drug-likeness (QED) is 0.901. The summed E-state index contributed by atoms with van der Waals surface area (Å²) in [4.78, 5) is 11.1. The zero-order valence-corrected chi connectivity index (χ0v) is 10.9. The van der Waals surface area contributed by atoms with E-state index in [-0.39, 0.29) is 10.5 Å². The van der Waals surface area contributed by atoms with E-state index in [2.05, 4.69) is 0 Å². The van der Waals surface area contributed by atoms with E-state index in [1.807, 2.05) is 0 Å². The molecule has 1 aliphatic heterocycles. The normalized spacial score (nSPS) is 16.9. The van der Waals surface area contributed by atoms with E-state index < -0.39 is 16.0 Å². The summed E-state index contributed by atoms with van der Waals surface area (Å²) >= 11 is 0. The third kappa shape index (κ3) is 2.13. The Kier molecular flexibility index (Phi) is 3.41. The average Bonchev–Trinajstić information content (AvgIpc) is 2.82. The third-order valence-electron chi connectivity index (χ3n) is 3.20. The number of benzene rings is 1. The van der Waals surface area contributed by atoms with Crippen molar-refractivity contribution >= 4 is 16.0 Å². The lowest BCUT2D eigenvalue weighted by Gasteiger charge is -2.17. The lowest BCUT2D eigenvalue weighted by molar-refractivity contribution is 0.0696. The van der Waals surface area contributed by atoms with E-state index in [9.17, 15) is 13.2 Å². The first kappa shape index (κ1) is 13.0. The maximum atomic E-state index is 12.4. The Labute approximate surface area is 106 Å². The van der Waals surface area contributed by atoms with Crippen molar-refractivity contribution in [1.29, 1.82) is 0 Å². The molecule has 6 heteroatoms. The molecular weight excluding hydrogens is 254 g/mol. The number of nitrogens with zero attached hydrogens (tertiary/aromatic N) is 1. The number of hydrogen-bond acceptors (Lipinski definition) is 3. The van der Waals surface area contributed by atoms with Crippen LogP contribution in [0.15, 0.2) is 23.1 Å². The highest BCUT2D eigenvalue weighted by Crippen LogP contribution is 2.25. The van der Waals surface area contributed by atoms with Crippen LogP contribution in [0.3, 0.4) is 0 Å². The Hall–Kier alpha value is -1.40. The molecule has 98 valence electrons. The summed E-state index contributed by atoms with van der Waals surface area (Å²) in [6.07, 6.45) is 1.72. The molecule has 5 nitrogen and oxygen atoms in total. The van der Waals surface area contributed by atoms with Gasteiger partial charge in [0.2, 0.25) is 10.0 Å². The SMILES string of the molecule is Cc1c(C(=O)O)cccc1S(=O)(=O)N1CCCC1. The van der Waals surface area contributed by atoms with Crippen LogP contribution in [0.2, 0.25) is 0 Å². The van der Waals surface area contributed by atoms with Gasteiger partial charge in [0, 0.05) is 13.1 Å². The average molecular weight is 269 g/mol. The zero-order chi connectivity index (χ0) is 13.3. The number of aromatic carboxylic acids is 1. The molecule has 0 bridgehead atoms. The smallest absolute Gasteiger partial charge is 0.335 e. The van der Waals surface area contributed by atoms with Gasteiger partial charge in [0.25, 0.3) is 0 Å². The highest BCUT2D eigenvalue weighted by molar-refractivity contribution is 7.89. The minimum Gasteiger partial charge on any atom is -0.478 e. The first-order valence-corrected chi connectivity index (χ1v) is 7.21. The van der Waals surface area contributed by atoms with Crippen molar-refractivity contribution in [3.8, 4) is 0 Å². The Morgan fingerprint density at radius 3 is 2.44 bits per heavy atom. The minimum atomic E-state index is -3.56. The zero-order valence-electron chi connectivity index (χ0n) is 10.1. The molecule has 1 aromatic rings. The lowest BCUT2D eigenvalue weighted by atomic mass is 10.1. The van der Waals surface area contributed by atoms with E-state index in [0.717, 1.165) is 12.8 Å². The predicted molar refractivity (Wildman–Crippen MR) is 66.1 cm³/mol. The molecule has 1 aliphatic rings. The second-order valence-electron chi connectivity index (χ2n) is 4.35. The molecule has 0 radical (unpaired) electrons. The van der Waals surface area contributed by atoms with Gasteiger partial charge in [0.05, 0.1) is 10.5 Å². The van der Waals surface area contributed by atoms with Crippen LogP contribution in [-0.2, 0) is 10.0 Å². The molecule has 0 aromatic heterocycles. The van der Waals surface area contributed by atoms with Crippen LogP contribution in [-0.4, -0.2) is 36.9 Å². The number of hydrogen-bond donors (Lipinski definition) is 1. The van der Waals surface area contributed by atoms with Crippen molar-refractivity contribution in [2.24, 2.45) is 0 Å². The largest absolute Gasteiger partial charge is 0.478 e. The van der Waals surface area contributed by atoms with Gasteiger partial charge in [-0.2, -0.15) is 4.31 Å². The van der Waals surface area contributed by atoms with Crippen LogP contribution in [0, 0.1) is 6.92 Å². The number of carboxylic acids is 1. The van der Waals surface area contributed by atoms with Gasteiger partial charge >= 0.3 is 5.97 Å². The molecule has 2 rings (SSSR count).